The molecular weight excluding hydrogens is 380 g/mol. The summed E-state index contributed by atoms with van der Waals surface area (Å²) in [5.41, 5.74) is 4.90. The van der Waals surface area contributed by atoms with E-state index in [1.807, 2.05) is 31.2 Å². The summed E-state index contributed by atoms with van der Waals surface area (Å²) >= 11 is 1.34. The van der Waals surface area contributed by atoms with Gasteiger partial charge in [-0.1, -0.05) is 30.5 Å². The van der Waals surface area contributed by atoms with Gasteiger partial charge in [-0.25, -0.2) is 9.69 Å². The lowest BCUT2D eigenvalue weighted by molar-refractivity contribution is -0.138. The van der Waals surface area contributed by atoms with Crippen LogP contribution >= 0.6 is 11.8 Å². The molecule has 2 fully saturated rings. The normalized spacial score (nSPS) is 18.9. The van der Waals surface area contributed by atoms with Gasteiger partial charge in [0.05, 0.1) is 5.75 Å². The summed E-state index contributed by atoms with van der Waals surface area (Å²) in [6.45, 7) is 3.45. The van der Waals surface area contributed by atoms with Gasteiger partial charge in [0.2, 0.25) is 5.91 Å². The number of carbonyl (C=O) groups is 4. The zero-order valence-corrected chi connectivity index (χ0v) is 16.7. The molecule has 28 heavy (non-hydrogen) atoms. The lowest BCUT2D eigenvalue weighted by atomic mass is 9.97. The van der Waals surface area contributed by atoms with Gasteiger partial charge < -0.3 is 5.32 Å². The number of carbonyl (C=O) groups excluding carboxylic acids is 4. The van der Waals surface area contributed by atoms with E-state index in [-0.39, 0.29) is 17.6 Å². The van der Waals surface area contributed by atoms with Gasteiger partial charge in [0.15, 0.2) is 0 Å². The van der Waals surface area contributed by atoms with Crippen molar-refractivity contribution in [1.29, 1.82) is 0 Å². The third-order valence-corrected chi connectivity index (χ3v) is 6.15. The second-order valence-corrected chi connectivity index (χ2v) is 8.26. The van der Waals surface area contributed by atoms with Gasteiger partial charge in [0.25, 0.3) is 11.8 Å². The second kappa shape index (κ2) is 8.22. The zero-order valence-electron chi connectivity index (χ0n) is 15.9. The Bertz CT molecular complexity index is 790. The Kier molecular flexibility index (Phi) is 5.93. The van der Waals surface area contributed by atoms with Crippen LogP contribution in [0.5, 0.6) is 0 Å². The standard InChI is InChI=1S/C19H24N4O4S/c1-12-5-7-14(8-6-12)28-11-15(24)21-22-16(25)13(2)23-17(26)19(20-18(23)27)9-3-4-10-19/h5-8,13H,3-4,9-11H2,1-2H3,(H,20,27)(H,21,24)(H,22,25). The Hall–Kier alpha value is -2.55. The molecule has 5 amide bonds. The Morgan fingerprint density at radius 1 is 1.18 bits per heavy atom. The molecule has 9 heteroatoms. The molecule has 1 aromatic carbocycles. The highest BCUT2D eigenvalue weighted by Gasteiger charge is 2.54. The van der Waals surface area contributed by atoms with Gasteiger partial charge in [-0.2, -0.15) is 0 Å². The second-order valence-electron chi connectivity index (χ2n) is 7.21. The monoisotopic (exact) mass is 404 g/mol. The van der Waals surface area contributed by atoms with E-state index in [0.717, 1.165) is 28.2 Å². The highest BCUT2D eigenvalue weighted by atomic mass is 32.2. The predicted molar refractivity (Wildman–Crippen MR) is 104 cm³/mol. The van der Waals surface area contributed by atoms with Crippen LogP contribution in [0.15, 0.2) is 29.2 Å². The molecule has 2 aliphatic rings. The number of urea groups is 1. The molecule has 1 aliphatic heterocycles. The number of nitrogens with one attached hydrogen (secondary N) is 3. The van der Waals surface area contributed by atoms with E-state index in [2.05, 4.69) is 16.2 Å². The third-order valence-electron chi connectivity index (χ3n) is 5.13. The number of nitrogens with zero attached hydrogens (tertiary/aromatic N) is 1. The average molecular weight is 404 g/mol. The summed E-state index contributed by atoms with van der Waals surface area (Å²) < 4.78 is 0. The smallest absolute Gasteiger partial charge is 0.323 e. The number of thioether (sulfide) groups is 1. The van der Waals surface area contributed by atoms with Crippen LogP contribution in [0, 0.1) is 6.92 Å². The van der Waals surface area contributed by atoms with Crippen LogP contribution in [-0.4, -0.2) is 46.0 Å². The quantitative estimate of drug-likeness (QED) is 0.392. The Morgan fingerprint density at radius 3 is 2.46 bits per heavy atom. The Morgan fingerprint density at radius 2 is 1.82 bits per heavy atom. The SMILES string of the molecule is Cc1ccc(SCC(=O)NNC(=O)C(C)N2C(=O)NC3(CCCC3)C2=O)cc1. The van der Waals surface area contributed by atoms with E-state index in [1.54, 1.807) is 0 Å². The van der Waals surface area contributed by atoms with Crippen molar-refractivity contribution >= 4 is 35.5 Å². The molecule has 3 N–H and O–H groups in total. The Labute approximate surface area is 167 Å². The highest BCUT2D eigenvalue weighted by molar-refractivity contribution is 8.00. The van der Waals surface area contributed by atoms with Crippen LogP contribution in [-0.2, 0) is 14.4 Å². The van der Waals surface area contributed by atoms with Gasteiger partial charge in [-0.05, 0) is 38.8 Å². The van der Waals surface area contributed by atoms with Crippen LogP contribution in [0.2, 0.25) is 0 Å². The largest absolute Gasteiger partial charge is 0.325 e. The number of hydrazine groups is 1. The first kappa shape index (κ1) is 20.2. The van der Waals surface area contributed by atoms with Crippen molar-refractivity contribution in [1.82, 2.24) is 21.1 Å². The van der Waals surface area contributed by atoms with Crippen LogP contribution in [0.4, 0.5) is 4.79 Å². The van der Waals surface area contributed by atoms with Crippen molar-refractivity contribution in [2.45, 2.75) is 56.0 Å². The summed E-state index contributed by atoms with van der Waals surface area (Å²) in [6, 6.07) is 6.18. The van der Waals surface area contributed by atoms with Gasteiger partial charge in [-0.3, -0.25) is 25.2 Å². The van der Waals surface area contributed by atoms with Gasteiger partial charge >= 0.3 is 6.03 Å². The minimum atomic E-state index is -1.02. The maximum atomic E-state index is 12.7. The number of rotatable bonds is 5. The first-order valence-electron chi connectivity index (χ1n) is 9.26. The van der Waals surface area contributed by atoms with Gasteiger partial charge in [-0.15, -0.1) is 11.8 Å². The van der Waals surface area contributed by atoms with Crippen molar-refractivity contribution < 1.29 is 19.2 Å². The fraction of sp³-hybridized carbons (Fsp3) is 0.474. The number of imide groups is 1. The molecule has 1 spiro atoms. The maximum absolute atomic E-state index is 12.7. The molecule has 1 aliphatic carbocycles. The van der Waals surface area contributed by atoms with E-state index < -0.39 is 23.5 Å². The molecule has 1 saturated carbocycles. The van der Waals surface area contributed by atoms with Crippen molar-refractivity contribution in [2.75, 3.05) is 5.75 Å². The number of benzene rings is 1. The molecule has 1 unspecified atom stereocenters. The van der Waals surface area contributed by atoms with Crippen molar-refractivity contribution in [3.05, 3.63) is 29.8 Å². The summed E-state index contributed by atoms with van der Waals surface area (Å²) in [5, 5.41) is 2.74. The first-order chi connectivity index (χ1) is 13.3. The highest BCUT2D eigenvalue weighted by Crippen LogP contribution is 2.35. The minimum Gasteiger partial charge on any atom is -0.323 e. The number of aryl methyl sites for hydroxylation is 1. The molecule has 0 bridgehead atoms. The molecule has 150 valence electrons. The molecule has 8 nitrogen and oxygen atoms in total. The summed E-state index contributed by atoms with van der Waals surface area (Å²) in [4.78, 5) is 51.1. The molecular formula is C19H24N4O4S. The van der Waals surface area contributed by atoms with Crippen LogP contribution in [0.3, 0.4) is 0 Å². The van der Waals surface area contributed by atoms with E-state index in [0.29, 0.717) is 12.8 Å². The van der Waals surface area contributed by atoms with E-state index in [4.69, 9.17) is 0 Å². The fourth-order valence-corrected chi connectivity index (χ4v) is 4.18. The molecule has 1 aromatic rings. The van der Waals surface area contributed by atoms with Crippen molar-refractivity contribution in [3.63, 3.8) is 0 Å². The molecule has 3 rings (SSSR count). The van der Waals surface area contributed by atoms with Crippen LogP contribution in [0.1, 0.15) is 38.2 Å². The maximum Gasteiger partial charge on any atom is 0.325 e. The number of hydrogen-bond donors (Lipinski definition) is 3. The van der Waals surface area contributed by atoms with Gasteiger partial charge in [0, 0.05) is 4.90 Å². The van der Waals surface area contributed by atoms with Gasteiger partial charge in [0.1, 0.15) is 11.6 Å². The van der Waals surface area contributed by atoms with Crippen LogP contribution < -0.4 is 16.2 Å². The molecule has 1 saturated heterocycles. The summed E-state index contributed by atoms with van der Waals surface area (Å²) in [7, 11) is 0. The molecule has 1 heterocycles. The lowest BCUT2D eigenvalue weighted by Crippen LogP contribution is -2.54. The first-order valence-corrected chi connectivity index (χ1v) is 10.2. The van der Waals surface area contributed by atoms with Crippen molar-refractivity contribution in [3.8, 4) is 0 Å². The van der Waals surface area contributed by atoms with E-state index in [9.17, 15) is 19.2 Å². The predicted octanol–water partition coefficient (Wildman–Crippen LogP) is 1.49. The molecule has 0 aromatic heterocycles. The molecule has 0 radical (unpaired) electrons. The summed E-state index contributed by atoms with van der Waals surface area (Å²) in [5.74, 6) is -1.23. The lowest BCUT2D eigenvalue weighted by Gasteiger charge is -2.23. The molecule has 1 atom stereocenters. The number of hydrogen-bond acceptors (Lipinski definition) is 5. The average Bonchev–Trinajstić information content (AvgIpc) is 3.23. The zero-order chi connectivity index (χ0) is 20.3. The minimum absolute atomic E-state index is 0.129. The Balaban J connectivity index is 1.48. The topological polar surface area (TPSA) is 108 Å². The fourth-order valence-electron chi connectivity index (χ4n) is 3.48. The number of amides is 5. The third kappa shape index (κ3) is 4.14. The van der Waals surface area contributed by atoms with Crippen molar-refractivity contribution in [2.24, 2.45) is 0 Å². The summed E-state index contributed by atoms with van der Waals surface area (Å²) in [6.07, 6.45) is 2.93. The van der Waals surface area contributed by atoms with E-state index in [1.165, 1.54) is 18.7 Å². The van der Waals surface area contributed by atoms with E-state index >= 15 is 0 Å². The van der Waals surface area contributed by atoms with Crippen LogP contribution in [0.25, 0.3) is 0 Å².